The molecule has 0 saturated heterocycles. The Morgan fingerprint density at radius 3 is 2.36 bits per heavy atom. The van der Waals surface area contributed by atoms with E-state index in [4.69, 9.17) is 0 Å². The Hall–Kier alpha value is -3.22. The summed E-state index contributed by atoms with van der Waals surface area (Å²) in [6, 6.07) is 13.7. The quantitative estimate of drug-likeness (QED) is 0.447. The molecular formula is C26H25F3N4. The molecule has 5 rings (SSSR count). The first-order valence-electron chi connectivity index (χ1n) is 11.3. The molecule has 0 spiro atoms. The monoisotopic (exact) mass is 450 g/mol. The SMILES string of the molecule is CCC1CC(C)=C(Nc2nc(-c3ccccc3C(F)(F)F)nnc2C2CC2)c2ccccc21. The molecule has 0 bridgehead atoms. The van der Waals surface area contributed by atoms with Crippen molar-refractivity contribution >= 4 is 11.5 Å². The van der Waals surface area contributed by atoms with Gasteiger partial charge in [0.25, 0.3) is 0 Å². The molecule has 1 unspecified atom stereocenters. The minimum atomic E-state index is -4.50. The number of hydrogen-bond donors (Lipinski definition) is 1. The van der Waals surface area contributed by atoms with Crippen LogP contribution in [0.25, 0.3) is 17.1 Å². The third kappa shape index (κ3) is 4.12. The number of benzene rings is 2. The summed E-state index contributed by atoms with van der Waals surface area (Å²) < 4.78 is 40.8. The highest BCUT2D eigenvalue weighted by molar-refractivity contribution is 5.82. The molecule has 1 fully saturated rings. The summed E-state index contributed by atoms with van der Waals surface area (Å²) in [5.74, 6) is 1.16. The first-order valence-corrected chi connectivity index (χ1v) is 11.3. The van der Waals surface area contributed by atoms with E-state index in [1.807, 2.05) is 12.1 Å². The largest absolute Gasteiger partial charge is 0.417 e. The number of allylic oxidation sites excluding steroid dienone is 1. The Bertz CT molecular complexity index is 1230. The zero-order valence-corrected chi connectivity index (χ0v) is 18.6. The molecule has 1 saturated carbocycles. The van der Waals surface area contributed by atoms with E-state index in [-0.39, 0.29) is 17.3 Å². The van der Waals surface area contributed by atoms with E-state index in [0.29, 0.717) is 11.7 Å². The van der Waals surface area contributed by atoms with Gasteiger partial charge in [0.1, 0.15) is 5.69 Å². The number of rotatable bonds is 5. The minimum Gasteiger partial charge on any atom is -0.338 e. The van der Waals surface area contributed by atoms with Crippen LogP contribution in [0.2, 0.25) is 0 Å². The summed E-state index contributed by atoms with van der Waals surface area (Å²) in [4.78, 5) is 4.60. The molecule has 1 aromatic heterocycles. The van der Waals surface area contributed by atoms with Gasteiger partial charge in [0.05, 0.1) is 5.56 Å². The maximum atomic E-state index is 13.6. The van der Waals surface area contributed by atoms with Crippen LogP contribution in [0.4, 0.5) is 19.0 Å². The van der Waals surface area contributed by atoms with Crippen molar-refractivity contribution in [1.29, 1.82) is 0 Å². The maximum absolute atomic E-state index is 13.6. The van der Waals surface area contributed by atoms with Crippen LogP contribution in [0.5, 0.6) is 0 Å². The zero-order valence-electron chi connectivity index (χ0n) is 18.6. The van der Waals surface area contributed by atoms with Gasteiger partial charge in [-0.05, 0) is 55.7 Å². The molecule has 2 aliphatic carbocycles. The van der Waals surface area contributed by atoms with Crippen LogP contribution in [0.1, 0.15) is 73.8 Å². The number of nitrogens with zero attached hydrogens (tertiary/aromatic N) is 3. The second-order valence-electron chi connectivity index (χ2n) is 8.86. The smallest absolute Gasteiger partial charge is 0.338 e. The molecule has 4 nitrogen and oxygen atoms in total. The molecule has 2 aromatic carbocycles. The van der Waals surface area contributed by atoms with Crippen molar-refractivity contribution in [2.45, 2.75) is 57.5 Å². The second-order valence-corrected chi connectivity index (χ2v) is 8.86. The van der Waals surface area contributed by atoms with E-state index in [0.717, 1.165) is 48.7 Å². The number of nitrogens with one attached hydrogen (secondary N) is 1. The number of fused-ring (bicyclic) bond motifs is 1. The Morgan fingerprint density at radius 1 is 0.970 bits per heavy atom. The molecular weight excluding hydrogens is 425 g/mol. The first kappa shape index (κ1) is 21.6. The molecule has 0 amide bonds. The standard InChI is InChI=1S/C26H25F3N4/c1-3-16-14-15(2)22(19-9-5-4-8-18(16)19)30-25-23(17-12-13-17)32-33-24(31-25)20-10-6-7-11-21(20)26(27,28)29/h4-11,16-17H,3,12-14H2,1-2H3,(H,30,31,33). The lowest BCUT2D eigenvalue weighted by Gasteiger charge is -2.29. The van der Waals surface area contributed by atoms with Gasteiger partial charge >= 0.3 is 6.18 Å². The van der Waals surface area contributed by atoms with Crippen molar-refractivity contribution in [2.24, 2.45) is 0 Å². The highest BCUT2D eigenvalue weighted by Gasteiger charge is 2.35. The summed E-state index contributed by atoms with van der Waals surface area (Å²) in [5.41, 5.74) is 4.46. The summed E-state index contributed by atoms with van der Waals surface area (Å²) >= 11 is 0. The zero-order chi connectivity index (χ0) is 23.2. The van der Waals surface area contributed by atoms with Crippen LogP contribution in [-0.4, -0.2) is 15.2 Å². The molecule has 1 atom stereocenters. The fourth-order valence-corrected chi connectivity index (χ4v) is 4.65. The maximum Gasteiger partial charge on any atom is 0.417 e. The normalized spacial score (nSPS) is 18.3. The molecule has 170 valence electrons. The second kappa shape index (κ2) is 8.28. The molecule has 0 radical (unpaired) electrons. The van der Waals surface area contributed by atoms with Crippen molar-refractivity contribution < 1.29 is 13.2 Å². The van der Waals surface area contributed by atoms with Gasteiger partial charge in [-0.25, -0.2) is 4.98 Å². The number of alkyl halides is 3. The van der Waals surface area contributed by atoms with E-state index >= 15 is 0 Å². The van der Waals surface area contributed by atoms with Crippen molar-refractivity contribution in [3.63, 3.8) is 0 Å². The first-order chi connectivity index (χ1) is 15.9. The fraction of sp³-hybridized carbons (Fsp3) is 0.346. The van der Waals surface area contributed by atoms with Crippen LogP contribution in [0, 0.1) is 0 Å². The Kier molecular flexibility index (Phi) is 5.43. The van der Waals surface area contributed by atoms with Crippen molar-refractivity contribution in [2.75, 3.05) is 5.32 Å². The van der Waals surface area contributed by atoms with E-state index in [1.54, 1.807) is 6.07 Å². The highest BCUT2D eigenvalue weighted by Crippen LogP contribution is 2.45. The van der Waals surface area contributed by atoms with E-state index in [1.165, 1.54) is 23.3 Å². The van der Waals surface area contributed by atoms with Gasteiger partial charge in [-0.1, -0.05) is 49.4 Å². The van der Waals surface area contributed by atoms with E-state index in [9.17, 15) is 13.2 Å². The van der Waals surface area contributed by atoms with Gasteiger partial charge in [-0.15, -0.1) is 10.2 Å². The van der Waals surface area contributed by atoms with Crippen molar-refractivity contribution in [3.05, 3.63) is 76.5 Å². The Labute approximate surface area is 191 Å². The predicted octanol–water partition coefficient (Wildman–Crippen LogP) is 7.18. The number of hydrogen-bond acceptors (Lipinski definition) is 4. The van der Waals surface area contributed by atoms with Gasteiger partial charge in [0.15, 0.2) is 11.6 Å². The van der Waals surface area contributed by atoms with Crippen molar-refractivity contribution in [3.8, 4) is 11.4 Å². The number of anilines is 1. The van der Waals surface area contributed by atoms with Crippen LogP contribution >= 0.6 is 0 Å². The summed E-state index contributed by atoms with van der Waals surface area (Å²) in [6.45, 7) is 4.29. The summed E-state index contributed by atoms with van der Waals surface area (Å²) in [7, 11) is 0. The van der Waals surface area contributed by atoms with Crippen molar-refractivity contribution in [1.82, 2.24) is 15.2 Å². The Balaban J connectivity index is 1.60. The fourth-order valence-electron chi connectivity index (χ4n) is 4.65. The lowest BCUT2D eigenvalue weighted by Crippen LogP contribution is -2.16. The molecule has 33 heavy (non-hydrogen) atoms. The molecule has 7 heteroatoms. The molecule has 1 N–H and O–H groups in total. The van der Waals surface area contributed by atoms with E-state index < -0.39 is 11.7 Å². The van der Waals surface area contributed by atoms with Gasteiger partial charge in [0, 0.05) is 22.7 Å². The average molecular weight is 451 g/mol. The van der Waals surface area contributed by atoms with Gasteiger partial charge < -0.3 is 5.32 Å². The van der Waals surface area contributed by atoms with Gasteiger partial charge in [-0.3, -0.25) is 0 Å². The van der Waals surface area contributed by atoms with Crippen LogP contribution < -0.4 is 5.32 Å². The number of aromatic nitrogens is 3. The molecule has 2 aliphatic rings. The lowest BCUT2D eigenvalue weighted by atomic mass is 9.80. The summed E-state index contributed by atoms with van der Waals surface area (Å²) in [5, 5.41) is 11.9. The topological polar surface area (TPSA) is 50.7 Å². The number of halogens is 3. The Morgan fingerprint density at radius 2 is 1.67 bits per heavy atom. The van der Waals surface area contributed by atoms with Crippen LogP contribution in [0.3, 0.4) is 0 Å². The molecule has 0 aliphatic heterocycles. The lowest BCUT2D eigenvalue weighted by molar-refractivity contribution is -0.137. The van der Waals surface area contributed by atoms with Crippen LogP contribution in [-0.2, 0) is 6.18 Å². The van der Waals surface area contributed by atoms with Crippen LogP contribution in [0.15, 0.2) is 54.1 Å². The third-order valence-electron chi connectivity index (χ3n) is 6.54. The third-order valence-corrected chi connectivity index (χ3v) is 6.54. The van der Waals surface area contributed by atoms with E-state index in [2.05, 4.69) is 46.5 Å². The minimum absolute atomic E-state index is 0.0244. The van der Waals surface area contributed by atoms with Gasteiger partial charge in [0.2, 0.25) is 0 Å². The summed E-state index contributed by atoms with van der Waals surface area (Å²) in [6.07, 6.45) is -0.565. The highest BCUT2D eigenvalue weighted by atomic mass is 19.4. The van der Waals surface area contributed by atoms with Gasteiger partial charge in [-0.2, -0.15) is 13.2 Å². The molecule has 3 aromatic rings. The molecule has 1 heterocycles. The predicted molar refractivity (Wildman–Crippen MR) is 123 cm³/mol. The average Bonchev–Trinajstić information content (AvgIpc) is 3.65.